The molecule has 6 heteroatoms. The number of aromatic nitrogens is 1. The summed E-state index contributed by atoms with van der Waals surface area (Å²) in [5.74, 6) is 0.109. The first-order valence-electron chi connectivity index (χ1n) is 11.9. The molecule has 2 amide bonds. The van der Waals surface area contributed by atoms with Crippen LogP contribution in [-0.4, -0.2) is 34.3 Å². The number of nitrogens with one attached hydrogen (secondary N) is 1. The smallest absolute Gasteiger partial charge is 0.261 e. The monoisotopic (exact) mass is 479 g/mol. The molecule has 0 radical (unpaired) electrons. The van der Waals surface area contributed by atoms with Crippen LogP contribution >= 0.6 is 0 Å². The summed E-state index contributed by atoms with van der Waals surface area (Å²) in [4.78, 5) is 32.8. The summed E-state index contributed by atoms with van der Waals surface area (Å²) in [5.41, 5.74) is 2.79. The number of hydrogen-bond acceptors (Lipinski definition) is 4. The van der Waals surface area contributed by atoms with Crippen LogP contribution in [0.3, 0.4) is 0 Å². The summed E-state index contributed by atoms with van der Waals surface area (Å²) in [6.45, 7) is 0.444. The van der Waals surface area contributed by atoms with Crippen LogP contribution in [0.2, 0.25) is 0 Å². The Hall–Kier alpha value is -4.45. The van der Waals surface area contributed by atoms with E-state index in [2.05, 4.69) is 10.3 Å². The van der Waals surface area contributed by atoms with Crippen molar-refractivity contribution in [3.8, 4) is 5.75 Å². The second kappa shape index (κ2) is 12.9. The summed E-state index contributed by atoms with van der Waals surface area (Å²) >= 11 is 0. The first-order valence-corrected chi connectivity index (χ1v) is 11.9. The molecule has 0 aliphatic carbocycles. The molecular weight excluding hydrogens is 450 g/mol. The van der Waals surface area contributed by atoms with Gasteiger partial charge in [0.15, 0.2) is 6.61 Å². The molecule has 1 N–H and O–H groups in total. The molecule has 4 rings (SSSR count). The van der Waals surface area contributed by atoms with Crippen molar-refractivity contribution in [3.63, 3.8) is 0 Å². The zero-order valence-electron chi connectivity index (χ0n) is 20.0. The van der Waals surface area contributed by atoms with Gasteiger partial charge in [0, 0.05) is 31.9 Å². The number of carbonyl (C=O) groups excluding carboxylic acids is 2. The number of amides is 2. The van der Waals surface area contributed by atoms with Gasteiger partial charge >= 0.3 is 0 Å². The van der Waals surface area contributed by atoms with E-state index in [9.17, 15) is 9.59 Å². The molecule has 36 heavy (non-hydrogen) atoms. The van der Waals surface area contributed by atoms with Crippen molar-refractivity contribution in [3.05, 3.63) is 132 Å². The van der Waals surface area contributed by atoms with Crippen molar-refractivity contribution in [2.75, 3.05) is 6.61 Å². The van der Waals surface area contributed by atoms with Crippen molar-refractivity contribution in [2.45, 2.75) is 25.6 Å². The van der Waals surface area contributed by atoms with Crippen LogP contribution in [-0.2, 0) is 29.1 Å². The highest BCUT2D eigenvalue weighted by molar-refractivity contribution is 5.88. The lowest BCUT2D eigenvalue weighted by molar-refractivity contribution is -0.142. The second-order valence-corrected chi connectivity index (χ2v) is 8.39. The van der Waals surface area contributed by atoms with Crippen LogP contribution < -0.4 is 10.1 Å². The lowest BCUT2D eigenvalue weighted by atomic mass is 10.0. The van der Waals surface area contributed by atoms with E-state index in [1.807, 2.05) is 91.0 Å². The molecule has 0 saturated heterocycles. The van der Waals surface area contributed by atoms with E-state index >= 15 is 0 Å². The molecule has 4 aromatic rings. The number of carbonyl (C=O) groups is 2. The predicted octanol–water partition coefficient (Wildman–Crippen LogP) is 4.42. The maximum atomic E-state index is 13.6. The molecule has 0 spiro atoms. The average Bonchev–Trinajstić information content (AvgIpc) is 2.94. The van der Waals surface area contributed by atoms with E-state index in [4.69, 9.17) is 4.74 Å². The van der Waals surface area contributed by atoms with E-state index in [0.29, 0.717) is 18.7 Å². The molecule has 182 valence electrons. The topological polar surface area (TPSA) is 71.5 Å². The third-order valence-corrected chi connectivity index (χ3v) is 5.76. The normalized spacial score (nSPS) is 11.3. The van der Waals surface area contributed by atoms with Crippen LogP contribution in [0.15, 0.2) is 116 Å². The van der Waals surface area contributed by atoms with Gasteiger partial charge in [-0.25, -0.2) is 0 Å². The van der Waals surface area contributed by atoms with Gasteiger partial charge in [0.05, 0.1) is 0 Å². The molecule has 0 bridgehead atoms. The zero-order chi connectivity index (χ0) is 25.0. The number of nitrogens with zero attached hydrogens (tertiary/aromatic N) is 2. The summed E-state index contributed by atoms with van der Waals surface area (Å²) in [7, 11) is 0. The third kappa shape index (κ3) is 7.27. The fourth-order valence-corrected chi connectivity index (χ4v) is 3.89. The Kier molecular flexibility index (Phi) is 8.81. The molecule has 1 atom stereocenters. The number of ether oxygens (including phenoxy) is 1. The fraction of sp³-hybridized carbons (Fsp3) is 0.167. The molecule has 1 heterocycles. The molecule has 0 saturated carbocycles. The van der Waals surface area contributed by atoms with Crippen molar-refractivity contribution < 1.29 is 14.3 Å². The number of benzene rings is 3. The van der Waals surface area contributed by atoms with Gasteiger partial charge in [-0.15, -0.1) is 0 Å². The Balaban J connectivity index is 1.59. The fourth-order valence-electron chi connectivity index (χ4n) is 3.89. The lowest BCUT2D eigenvalue weighted by Gasteiger charge is -2.31. The first-order chi connectivity index (χ1) is 17.7. The Labute approximate surface area is 211 Å². The minimum atomic E-state index is -0.726. The highest BCUT2D eigenvalue weighted by atomic mass is 16.5. The van der Waals surface area contributed by atoms with Gasteiger partial charge in [-0.2, -0.15) is 0 Å². The second-order valence-electron chi connectivity index (χ2n) is 8.39. The van der Waals surface area contributed by atoms with Gasteiger partial charge in [0.25, 0.3) is 5.91 Å². The summed E-state index contributed by atoms with van der Waals surface area (Å²) < 4.78 is 5.76. The van der Waals surface area contributed by atoms with E-state index in [0.717, 1.165) is 16.7 Å². The highest BCUT2D eigenvalue weighted by Gasteiger charge is 2.30. The molecular formula is C30H29N3O3. The Bertz CT molecular complexity index is 1120. The van der Waals surface area contributed by atoms with Crippen molar-refractivity contribution >= 4 is 11.8 Å². The molecule has 0 fully saturated rings. The molecule has 1 aromatic heterocycles. The van der Waals surface area contributed by atoms with Crippen molar-refractivity contribution in [1.82, 2.24) is 15.2 Å². The Morgan fingerprint density at radius 2 is 1.39 bits per heavy atom. The molecule has 6 nitrogen and oxygen atoms in total. The van der Waals surface area contributed by atoms with Gasteiger partial charge in [0.1, 0.15) is 11.8 Å². The Morgan fingerprint density at radius 1 is 0.778 bits per heavy atom. The van der Waals surface area contributed by atoms with Crippen LogP contribution in [0, 0.1) is 0 Å². The third-order valence-electron chi connectivity index (χ3n) is 5.76. The maximum absolute atomic E-state index is 13.6. The average molecular weight is 480 g/mol. The van der Waals surface area contributed by atoms with Crippen LogP contribution in [0.1, 0.15) is 16.7 Å². The van der Waals surface area contributed by atoms with Crippen LogP contribution in [0.4, 0.5) is 0 Å². The highest BCUT2D eigenvalue weighted by Crippen LogP contribution is 2.16. The van der Waals surface area contributed by atoms with E-state index in [1.54, 1.807) is 29.4 Å². The first kappa shape index (κ1) is 24.7. The summed E-state index contributed by atoms with van der Waals surface area (Å²) in [6.07, 6.45) is 3.78. The summed E-state index contributed by atoms with van der Waals surface area (Å²) in [5, 5.41) is 3.00. The van der Waals surface area contributed by atoms with Crippen LogP contribution in [0.5, 0.6) is 5.75 Å². The van der Waals surface area contributed by atoms with Gasteiger partial charge < -0.3 is 15.0 Å². The van der Waals surface area contributed by atoms with E-state index in [1.165, 1.54) is 0 Å². The zero-order valence-corrected chi connectivity index (χ0v) is 20.0. The van der Waals surface area contributed by atoms with Gasteiger partial charge in [0.2, 0.25) is 5.91 Å². The minimum absolute atomic E-state index is 0.169. The van der Waals surface area contributed by atoms with Crippen molar-refractivity contribution in [1.29, 1.82) is 0 Å². The number of rotatable bonds is 11. The maximum Gasteiger partial charge on any atom is 0.261 e. The van der Waals surface area contributed by atoms with Gasteiger partial charge in [-0.1, -0.05) is 84.9 Å². The van der Waals surface area contributed by atoms with Gasteiger partial charge in [-0.05, 0) is 34.9 Å². The SMILES string of the molecule is O=C(NCc1cccnc1)[C@H](Cc1ccccc1)N(Cc1ccccc1)C(=O)COc1ccccc1. The number of para-hydroxylation sites is 1. The minimum Gasteiger partial charge on any atom is -0.484 e. The van der Waals surface area contributed by atoms with E-state index < -0.39 is 6.04 Å². The molecule has 0 unspecified atom stereocenters. The Morgan fingerprint density at radius 3 is 2.03 bits per heavy atom. The number of pyridine rings is 1. The summed E-state index contributed by atoms with van der Waals surface area (Å²) in [6, 6.07) is 31.6. The standard InChI is InChI=1S/C30H29N3O3/c34-29(23-36-27-16-8-3-9-17-27)33(22-25-13-6-2-7-14-25)28(19-24-11-4-1-5-12-24)30(35)32-21-26-15-10-18-31-20-26/h1-18,20,28H,19,21-23H2,(H,32,35)/t28-/m0/s1. The molecule has 0 aliphatic rings. The number of hydrogen-bond donors (Lipinski definition) is 1. The largest absolute Gasteiger partial charge is 0.484 e. The molecule has 0 aliphatic heterocycles. The van der Waals surface area contributed by atoms with E-state index in [-0.39, 0.29) is 25.0 Å². The molecule has 3 aromatic carbocycles. The predicted molar refractivity (Wildman–Crippen MR) is 139 cm³/mol. The van der Waals surface area contributed by atoms with Gasteiger partial charge in [-0.3, -0.25) is 14.6 Å². The van der Waals surface area contributed by atoms with Crippen LogP contribution in [0.25, 0.3) is 0 Å². The quantitative estimate of drug-likeness (QED) is 0.346. The lowest BCUT2D eigenvalue weighted by Crippen LogP contribution is -2.51. The van der Waals surface area contributed by atoms with Crippen molar-refractivity contribution in [2.24, 2.45) is 0 Å².